The van der Waals surface area contributed by atoms with Crippen LogP contribution in [0.15, 0.2) is 72.8 Å². The van der Waals surface area contributed by atoms with Crippen molar-refractivity contribution in [3.63, 3.8) is 0 Å². The normalized spacial score (nSPS) is 18.6. The van der Waals surface area contributed by atoms with Gasteiger partial charge in [0.2, 0.25) is 0 Å². The van der Waals surface area contributed by atoms with Crippen LogP contribution in [0, 0.1) is 0 Å². The molecule has 0 heterocycles. The molecule has 32 heavy (non-hydrogen) atoms. The third-order valence-corrected chi connectivity index (χ3v) is 6.15. The zero-order valence-corrected chi connectivity index (χ0v) is 19.0. The smallest absolute Gasteiger partial charge is 0.485 e. The van der Waals surface area contributed by atoms with E-state index in [4.69, 9.17) is 13.0 Å². The summed E-state index contributed by atoms with van der Waals surface area (Å²) in [4.78, 5) is 0. The van der Waals surface area contributed by atoms with Crippen molar-refractivity contribution in [3.05, 3.63) is 83.9 Å². The Kier molecular flexibility index (Phi) is 9.48. The highest BCUT2D eigenvalue weighted by atomic mass is 32.2. The first-order valence-electron chi connectivity index (χ1n) is 10.6. The Balaban J connectivity index is 0.000000390. The van der Waals surface area contributed by atoms with Crippen LogP contribution in [-0.2, 0) is 23.2 Å². The largest absolute Gasteiger partial charge is 0.741 e. The predicted molar refractivity (Wildman–Crippen MR) is 118 cm³/mol. The topological polar surface area (TPSA) is 57.2 Å². The number of nitrogens with zero attached hydrogens (tertiary/aromatic N) is 1. The van der Waals surface area contributed by atoms with Gasteiger partial charge in [0.15, 0.2) is 10.1 Å². The van der Waals surface area contributed by atoms with Crippen molar-refractivity contribution in [3.8, 4) is 0 Å². The van der Waals surface area contributed by atoms with E-state index in [1.54, 1.807) is 0 Å². The van der Waals surface area contributed by atoms with Crippen LogP contribution >= 0.6 is 0 Å². The zero-order valence-electron chi connectivity index (χ0n) is 18.2. The molecular formula is C24H30F3NO3S. The van der Waals surface area contributed by atoms with E-state index in [2.05, 4.69) is 79.9 Å². The van der Waals surface area contributed by atoms with Crippen molar-refractivity contribution in [1.29, 1.82) is 0 Å². The van der Waals surface area contributed by atoms with Gasteiger partial charge in [0.25, 0.3) is 0 Å². The molecular weight excluding hydrogens is 439 g/mol. The molecule has 1 unspecified atom stereocenters. The second-order valence-electron chi connectivity index (χ2n) is 8.30. The molecule has 0 radical (unpaired) electrons. The van der Waals surface area contributed by atoms with E-state index in [9.17, 15) is 13.2 Å². The molecule has 4 nitrogen and oxygen atoms in total. The molecule has 0 saturated carbocycles. The Bertz CT molecular complexity index is 904. The molecule has 176 valence electrons. The van der Waals surface area contributed by atoms with E-state index in [0.717, 1.165) is 17.6 Å². The quantitative estimate of drug-likeness (QED) is 0.242. The summed E-state index contributed by atoms with van der Waals surface area (Å²) in [5.74, 6) is 0. The molecule has 0 N–H and O–H groups in total. The van der Waals surface area contributed by atoms with Crippen LogP contribution in [0.1, 0.15) is 43.2 Å². The zero-order chi connectivity index (χ0) is 23.7. The summed E-state index contributed by atoms with van der Waals surface area (Å²) >= 11 is 0. The van der Waals surface area contributed by atoms with Crippen molar-refractivity contribution in [2.45, 2.75) is 56.7 Å². The number of allylic oxidation sites excluding steroid dienone is 1. The van der Waals surface area contributed by atoms with Crippen LogP contribution in [-0.4, -0.2) is 36.1 Å². The first kappa shape index (κ1) is 26.1. The third-order valence-electron chi connectivity index (χ3n) is 5.59. The van der Waals surface area contributed by atoms with Gasteiger partial charge in [0.1, 0.15) is 19.1 Å². The van der Waals surface area contributed by atoms with E-state index in [0.29, 0.717) is 6.04 Å². The number of quaternary nitrogens is 1. The fraction of sp³-hybridized carbons (Fsp3) is 0.417. The number of hydrogen-bond donors (Lipinski definition) is 0. The number of benzene rings is 2. The van der Waals surface area contributed by atoms with E-state index in [-0.39, 0.29) is 0 Å². The maximum atomic E-state index is 10.7. The van der Waals surface area contributed by atoms with Gasteiger partial charge in [-0.1, -0.05) is 73.2 Å². The van der Waals surface area contributed by atoms with Gasteiger partial charge in [-0.15, -0.1) is 0 Å². The van der Waals surface area contributed by atoms with Gasteiger partial charge >= 0.3 is 5.51 Å². The number of alkyl halides is 3. The number of halogens is 3. The minimum Gasteiger partial charge on any atom is -0.741 e. The summed E-state index contributed by atoms with van der Waals surface area (Å²) in [6.45, 7) is 2.18. The van der Waals surface area contributed by atoms with Crippen molar-refractivity contribution < 1.29 is 30.6 Å². The lowest BCUT2D eigenvalue weighted by atomic mass is 9.97. The molecule has 3 rings (SSSR count). The van der Waals surface area contributed by atoms with Crippen molar-refractivity contribution in [2.75, 3.05) is 7.05 Å². The van der Waals surface area contributed by atoms with Gasteiger partial charge in [-0.25, -0.2) is 8.42 Å². The van der Waals surface area contributed by atoms with E-state index in [1.165, 1.54) is 43.2 Å². The van der Waals surface area contributed by atoms with Crippen LogP contribution in [0.4, 0.5) is 13.2 Å². The fourth-order valence-electron chi connectivity index (χ4n) is 3.95. The molecule has 0 saturated heterocycles. The first-order chi connectivity index (χ1) is 15.0. The molecule has 0 fully saturated rings. The molecule has 8 heteroatoms. The van der Waals surface area contributed by atoms with Gasteiger partial charge in [0, 0.05) is 17.5 Å². The highest BCUT2D eigenvalue weighted by Gasteiger charge is 2.37. The van der Waals surface area contributed by atoms with Crippen molar-refractivity contribution in [1.82, 2.24) is 0 Å². The highest BCUT2D eigenvalue weighted by molar-refractivity contribution is 7.86. The van der Waals surface area contributed by atoms with Gasteiger partial charge in [-0.3, -0.25) is 0 Å². The minimum atomic E-state index is -6.09. The maximum absolute atomic E-state index is 10.7. The van der Waals surface area contributed by atoms with Crippen LogP contribution in [0.2, 0.25) is 0 Å². The Morgan fingerprint density at radius 1 is 0.906 bits per heavy atom. The number of likely N-dealkylation sites (N-methyl/N-ethyl adjacent to an activating group) is 1. The van der Waals surface area contributed by atoms with Gasteiger partial charge in [-0.05, 0) is 25.3 Å². The van der Waals surface area contributed by atoms with Crippen LogP contribution in [0.5, 0.6) is 0 Å². The molecule has 0 bridgehead atoms. The summed E-state index contributed by atoms with van der Waals surface area (Å²) in [6, 6.07) is 22.6. The highest BCUT2D eigenvalue weighted by Crippen LogP contribution is 2.27. The summed E-state index contributed by atoms with van der Waals surface area (Å²) in [6.07, 6.45) is 11.6. The second-order valence-corrected chi connectivity index (χ2v) is 9.67. The van der Waals surface area contributed by atoms with Crippen molar-refractivity contribution >= 4 is 10.1 Å². The molecule has 0 amide bonds. The molecule has 0 spiro atoms. The molecule has 1 aliphatic carbocycles. The lowest BCUT2D eigenvalue weighted by Gasteiger charge is -2.41. The molecule has 1 aliphatic rings. The fourth-order valence-corrected chi connectivity index (χ4v) is 3.95. The molecule has 0 aromatic heterocycles. The van der Waals surface area contributed by atoms with E-state index < -0.39 is 15.6 Å². The minimum absolute atomic E-state index is 0.603. The molecule has 2 aromatic rings. The number of hydrogen-bond acceptors (Lipinski definition) is 3. The van der Waals surface area contributed by atoms with Gasteiger partial charge in [-0.2, -0.15) is 13.2 Å². The second kappa shape index (κ2) is 11.6. The SMILES string of the molecule is C[N+](Cc1ccccc1)(Cc1ccccc1)C1/C=C\CCCCC1.O=S(=O)([O-])C(F)(F)F. The monoisotopic (exact) mass is 469 g/mol. The van der Waals surface area contributed by atoms with Gasteiger partial charge < -0.3 is 9.04 Å². The average molecular weight is 470 g/mol. The average Bonchev–Trinajstić information content (AvgIpc) is 2.68. The Labute approximate surface area is 188 Å². The van der Waals surface area contributed by atoms with Crippen LogP contribution in [0.3, 0.4) is 0 Å². The molecule has 2 aromatic carbocycles. The number of rotatable bonds is 5. The summed E-state index contributed by atoms with van der Waals surface area (Å²) in [5, 5.41) is 0. The van der Waals surface area contributed by atoms with E-state index in [1.807, 2.05) is 0 Å². The van der Waals surface area contributed by atoms with Crippen molar-refractivity contribution in [2.24, 2.45) is 0 Å². The summed E-state index contributed by atoms with van der Waals surface area (Å²) in [5.41, 5.74) is -2.77. The summed E-state index contributed by atoms with van der Waals surface area (Å²) < 4.78 is 60.0. The lowest BCUT2D eigenvalue weighted by Crippen LogP contribution is -2.50. The summed E-state index contributed by atoms with van der Waals surface area (Å²) in [7, 11) is -3.65. The Hall–Kier alpha value is -2.16. The maximum Gasteiger partial charge on any atom is 0.485 e. The van der Waals surface area contributed by atoms with Gasteiger partial charge in [0.05, 0.1) is 7.05 Å². The van der Waals surface area contributed by atoms with E-state index >= 15 is 0 Å². The van der Waals surface area contributed by atoms with Crippen LogP contribution < -0.4 is 0 Å². The van der Waals surface area contributed by atoms with Crippen LogP contribution in [0.25, 0.3) is 0 Å². The Morgan fingerprint density at radius 3 is 1.81 bits per heavy atom. The predicted octanol–water partition coefficient (Wildman–Crippen LogP) is 5.77. The lowest BCUT2D eigenvalue weighted by molar-refractivity contribution is -0.952. The first-order valence-corrected chi connectivity index (χ1v) is 12.0. The molecule has 1 atom stereocenters. The standard InChI is InChI=1S/C23H30N.CHF3O3S/c1-24(19-21-13-7-5-8-14-21,20-22-15-9-6-10-16-22)23-17-11-3-2-4-12-18-23;2-1(3,4)8(5,6)7/h5-11,13-17,23H,2-4,12,18-20H2,1H3;(H,5,6,7)/q+1;/p-1/b17-11-;. The Morgan fingerprint density at radius 2 is 1.38 bits per heavy atom. The third kappa shape index (κ3) is 8.41. The molecule has 0 aliphatic heterocycles.